The van der Waals surface area contributed by atoms with Crippen molar-refractivity contribution in [2.75, 3.05) is 0 Å². The second kappa shape index (κ2) is 6.21. The van der Waals surface area contributed by atoms with E-state index in [9.17, 15) is 9.59 Å². The van der Waals surface area contributed by atoms with Crippen LogP contribution in [-0.2, 0) is 9.59 Å². The maximum Gasteiger partial charge on any atom is 0.255 e. The summed E-state index contributed by atoms with van der Waals surface area (Å²) >= 11 is 0. The van der Waals surface area contributed by atoms with Crippen LogP contribution in [0.5, 0.6) is 0 Å². The summed E-state index contributed by atoms with van der Waals surface area (Å²) in [6.07, 6.45) is 6.93. The predicted molar refractivity (Wildman–Crippen MR) is 74.6 cm³/mol. The minimum atomic E-state index is -0.284. The minimum Gasteiger partial charge on any atom is -0.342 e. The Morgan fingerprint density at radius 1 is 1.32 bits per heavy atom. The van der Waals surface area contributed by atoms with E-state index in [1.807, 2.05) is 13.8 Å². The van der Waals surface area contributed by atoms with Crippen LogP contribution in [0.2, 0.25) is 0 Å². The van der Waals surface area contributed by atoms with Gasteiger partial charge in [0, 0.05) is 12.8 Å². The van der Waals surface area contributed by atoms with Gasteiger partial charge >= 0.3 is 0 Å². The summed E-state index contributed by atoms with van der Waals surface area (Å²) in [4.78, 5) is 24.2. The average Bonchev–Trinajstić information content (AvgIpc) is 2.41. The summed E-state index contributed by atoms with van der Waals surface area (Å²) in [7, 11) is 0. The Labute approximate surface area is 115 Å². The molecule has 0 aliphatic heterocycles. The number of amides is 1. The molecular weight excluding hydrogens is 238 g/mol. The Kier molecular flexibility index (Phi) is 4.60. The van der Waals surface area contributed by atoms with Crippen LogP contribution in [0, 0.1) is 5.92 Å². The van der Waals surface area contributed by atoms with Crippen molar-refractivity contribution in [2.24, 2.45) is 5.92 Å². The number of hydrogen-bond donors (Lipinski definition) is 1. The molecule has 1 saturated carbocycles. The molecule has 1 amide bonds. The van der Waals surface area contributed by atoms with Gasteiger partial charge in [-0.1, -0.05) is 26.2 Å². The minimum absolute atomic E-state index is 0.0945. The maximum atomic E-state index is 12.1. The van der Waals surface area contributed by atoms with Crippen molar-refractivity contribution in [3.63, 3.8) is 0 Å². The summed E-state index contributed by atoms with van der Waals surface area (Å²) < 4.78 is 0. The Morgan fingerprint density at radius 3 is 2.47 bits per heavy atom. The van der Waals surface area contributed by atoms with Gasteiger partial charge in [-0.2, -0.15) is 0 Å². The molecule has 104 valence electrons. The Morgan fingerprint density at radius 2 is 1.95 bits per heavy atom. The van der Waals surface area contributed by atoms with E-state index in [0.29, 0.717) is 24.3 Å². The van der Waals surface area contributed by atoms with Gasteiger partial charge in [-0.25, -0.2) is 0 Å². The van der Waals surface area contributed by atoms with E-state index >= 15 is 0 Å². The highest BCUT2D eigenvalue weighted by molar-refractivity contribution is 5.98. The van der Waals surface area contributed by atoms with Crippen LogP contribution in [0.25, 0.3) is 0 Å². The molecule has 1 fully saturated rings. The smallest absolute Gasteiger partial charge is 0.255 e. The molecule has 0 spiro atoms. The highest BCUT2D eigenvalue weighted by Crippen LogP contribution is 2.28. The summed E-state index contributed by atoms with van der Waals surface area (Å²) in [5, 5.41) is 2.96. The third kappa shape index (κ3) is 3.36. The molecule has 0 radical (unpaired) electrons. The number of carbonyl (C=O) groups is 2. The second-order valence-electron chi connectivity index (χ2n) is 5.73. The molecule has 0 aromatic heterocycles. The van der Waals surface area contributed by atoms with E-state index < -0.39 is 0 Å². The Hall–Kier alpha value is -1.34. The van der Waals surface area contributed by atoms with Gasteiger partial charge in [-0.3, -0.25) is 9.59 Å². The molecule has 0 saturated heterocycles. The monoisotopic (exact) mass is 261 g/mol. The van der Waals surface area contributed by atoms with Crippen LogP contribution in [0.15, 0.2) is 16.9 Å². The highest BCUT2D eigenvalue weighted by Gasteiger charge is 2.31. The molecule has 2 aliphatic rings. The number of nitrogens with one attached hydrogen (secondary N) is 1. The lowest BCUT2D eigenvalue weighted by Crippen LogP contribution is -2.47. The van der Waals surface area contributed by atoms with Gasteiger partial charge in [0.25, 0.3) is 5.91 Å². The molecule has 19 heavy (non-hydrogen) atoms. The van der Waals surface area contributed by atoms with Crippen molar-refractivity contribution >= 4 is 11.7 Å². The standard InChI is InChI=1S/C16H23NO2/c1-3-14(18)15(12-7-5-4-6-8-12)17-16(19)13-9-11(2)10-13/h12,15H,3-9H2,1-2H3,(H,17,19)/t15-/m1/s1. The van der Waals surface area contributed by atoms with E-state index in [0.717, 1.165) is 18.4 Å². The van der Waals surface area contributed by atoms with Crippen molar-refractivity contribution in [1.29, 1.82) is 0 Å². The van der Waals surface area contributed by atoms with E-state index in [-0.39, 0.29) is 17.7 Å². The zero-order chi connectivity index (χ0) is 13.8. The summed E-state index contributed by atoms with van der Waals surface area (Å²) in [6, 6.07) is -0.284. The second-order valence-corrected chi connectivity index (χ2v) is 5.73. The van der Waals surface area contributed by atoms with E-state index in [1.54, 1.807) is 0 Å². The third-order valence-corrected chi connectivity index (χ3v) is 4.18. The Bertz CT molecular complexity index is 438. The molecule has 3 heteroatoms. The molecule has 3 nitrogen and oxygen atoms in total. The van der Waals surface area contributed by atoms with Crippen LogP contribution < -0.4 is 5.32 Å². The summed E-state index contributed by atoms with van der Waals surface area (Å²) in [5.74, 6) is 0.403. The third-order valence-electron chi connectivity index (χ3n) is 4.18. The molecule has 1 N–H and O–H groups in total. The van der Waals surface area contributed by atoms with Gasteiger partial charge in [0.05, 0.1) is 11.6 Å². The normalized spacial score (nSPS) is 20.9. The van der Waals surface area contributed by atoms with Gasteiger partial charge in [-0.05, 0) is 31.3 Å². The fraction of sp³-hybridized carbons (Fsp3) is 0.688. The zero-order valence-electron chi connectivity index (χ0n) is 11.9. The SMILES string of the molecule is CCC(=O)[C@H](NC(=O)C1=C=C(C)C1)C1CCCCC1. The molecule has 0 bridgehead atoms. The summed E-state index contributed by atoms with van der Waals surface area (Å²) in [5.41, 5.74) is 4.83. The van der Waals surface area contributed by atoms with Gasteiger partial charge in [-0.15, -0.1) is 5.73 Å². The predicted octanol–water partition coefficient (Wildman–Crippen LogP) is 2.91. The maximum absolute atomic E-state index is 12.1. The van der Waals surface area contributed by atoms with Crippen LogP contribution in [-0.4, -0.2) is 17.7 Å². The van der Waals surface area contributed by atoms with Crippen LogP contribution in [0.3, 0.4) is 0 Å². The first-order chi connectivity index (χ1) is 9.11. The lowest BCUT2D eigenvalue weighted by Gasteiger charge is -2.30. The fourth-order valence-electron chi connectivity index (χ4n) is 3.02. The zero-order valence-corrected chi connectivity index (χ0v) is 11.9. The van der Waals surface area contributed by atoms with Gasteiger partial charge in [0.15, 0.2) is 5.78 Å². The first kappa shape index (κ1) is 14.1. The van der Waals surface area contributed by atoms with Crippen molar-refractivity contribution in [3.8, 4) is 0 Å². The first-order valence-corrected chi connectivity index (χ1v) is 7.40. The van der Waals surface area contributed by atoms with Crippen LogP contribution in [0.4, 0.5) is 0 Å². The molecule has 0 unspecified atom stereocenters. The number of hydrogen-bond acceptors (Lipinski definition) is 2. The quantitative estimate of drug-likeness (QED) is 0.773. The fourth-order valence-corrected chi connectivity index (χ4v) is 3.02. The number of carbonyl (C=O) groups excluding carboxylic acids is 2. The molecule has 0 aromatic rings. The molecule has 0 heterocycles. The largest absolute Gasteiger partial charge is 0.342 e. The van der Waals surface area contributed by atoms with Crippen molar-refractivity contribution in [1.82, 2.24) is 5.32 Å². The molecule has 2 rings (SSSR count). The molecule has 1 atom stereocenters. The van der Waals surface area contributed by atoms with E-state index in [4.69, 9.17) is 0 Å². The topological polar surface area (TPSA) is 46.2 Å². The van der Waals surface area contributed by atoms with Crippen molar-refractivity contribution < 1.29 is 9.59 Å². The van der Waals surface area contributed by atoms with Gasteiger partial charge in [0.2, 0.25) is 0 Å². The lowest BCUT2D eigenvalue weighted by molar-refractivity contribution is -0.127. The molecular formula is C16H23NO2. The van der Waals surface area contributed by atoms with E-state index in [2.05, 4.69) is 11.0 Å². The van der Waals surface area contributed by atoms with Crippen molar-refractivity contribution in [3.05, 3.63) is 16.9 Å². The van der Waals surface area contributed by atoms with Crippen molar-refractivity contribution in [2.45, 2.75) is 64.8 Å². The highest BCUT2D eigenvalue weighted by atomic mass is 16.2. The molecule has 2 aliphatic carbocycles. The van der Waals surface area contributed by atoms with Gasteiger partial charge < -0.3 is 5.32 Å². The van der Waals surface area contributed by atoms with E-state index in [1.165, 1.54) is 19.3 Å². The Balaban J connectivity index is 2.03. The lowest BCUT2D eigenvalue weighted by atomic mass is 9.81. The molecule has 0 aromatic carbocycles. The first-order valence-electron chi connectivity index (χ1n) is 7.40. The number of ketones is 1. The number of Topliss-reactive ketones (excluding diaryl/α,β-unsaturated/α-hetero) is 1. The van der Waals surface area contributed by atoms with Crippen LogP contribution in [0.1, 0.15) is 58.8 Å². The van der Waals surface area contributed by atoms with Crippen LogP contribution >= 0.6 is 0 Å². The summed E-state index contributed by atoms with van der Waals surface area (Å²) in [6.45, 7) is 3.84. The average molecular weight is 261 g/mol. The number of rotatable bonds is 5. The van der Waals surface area contributed by atoms with Gasteiger partial charge in [0.1, 0.15) is 0 Å².